The SMILES string of the molecule is COc1cc(C2CNCC(C)O2)cc(OC)c1OC. The third-order valence-corrected chi connectivity index (χ3v) is 3.22. The topological polar surface area (TPSA) is 49.0 Å². The Morgan fingerprint density at radius 3 is 2.16 bits per heavy atom. The summed E-state index contributed by atoms with van der Waals surface area (Å²) < 4.78 is 22.0. The first-order valence-electron chi connectivity index (χ1n) is 6.35. The van der Waals surface area contributed by atoms with Gasteiger partial charge in [-0.1, -0.05) is 0 Å². The van der Waals surface area contributed by atoms with Crippen LogP contribution in [0.4, 0.5) is 0 Å². The quantitative estimate of drug-likeness (QED) is 0.901. The van der Waals surface area contributed by atoms with Crippen LogP contribution in [0.1, 0.15) is 18.6 Å². The highest BCUT2D eigenvalue weighted by Gasteiger charge is 2.23. The molecule has 0 spiro atoms. The Morgan fingerprint density at radius 1 is 1.05 bits per heavy atom. The summed E-state index contributed by atoms with van der Waals surface area (Å²) in [6, 6.07) is 3.87. The molecular weight excluding hydrogens is 246 g/mol. The minimum Gasteiger partial charge on any atom is -0.493 e. The zero-order valence-electron chi connectivity index (χ0n) is 11.9. The predicted molar refractivity (Wildman–Crippen MR) is 72.3 cm³/mol. The van der Waals surface area contributed by atoms with Crippen LogP contribution in [0.2, 0.25) is 0 Å². The van der Waals surface area contributed by atoms with E-state index in [0.717, 1.165) is 18.7 Å². The highest BCUT2D eigenvalue weighted by atomic mass is 16.5. The third-order valence-electron chi connectivity index (χ3n) is 3.22. The molecule has 1 fully saturated rings. The average molecular weight is 267 g/mol. The minimum absolute atomic E-state index is 0.00236. The molecule has 0 aromatic heterocycles. The zero-order chi connectivity index (χ0) is 13.8. The number of ether oxygens (including phenoxy) is 4. The van der Waals surface area contributed by atoms with E-state index < -0.39 is 0 Å². The molecule has 1 aromatic rings. The fourth-order valence-corrected chi connectivity index (χ4v) is 2.28. The number of methoxy groups -OCH3 is 3. The number of hydrogen-bond donors (Lipinski definition) is 1. The van der Waals surface area contributed by atoms with Gasteiger partial charge in [-0.25, -0.2) is 0 Å². The van der Waals surface area contributed by atoms with Gasteiger partial charge in [-0.05, 0) is 24.6 Å². The van der Waals surface area contributed by atoms with E-state index in [1.165, 1.54) is 0 Å². The molecule has 1 saturated heterocycles. The molecule has 5 nitrogen and oxygen atoms in total. The summed E-state index contributed by atoms with van der Waals surface area (Å²) in [5, 5.41) is 3.35. The van der Waals surface area contributed by atoms with Gasteiger partial charge >= 0.3 is 0 Å². The molecular formula is C14H21NO4. The van der Waals surface area contributed by atoms with Crippen LogP contribution in [-0.2, 0) is 4.74 Å². The fraction of sp³-hybridized carbons (Fsp3) is 0.571. The van der Waals surface area contributed by atoms with Crippen molar-refractivity contribution in [1.82, 2.24) is 5.32 Å². The lowest BCUT2D eigenvalue weighted by molar-refractivity contribution is -0.0289. The number of hydrogen-bond acceptors (Lipinski definition) is 5. The molecule has 2 unspecified atom stereocenters. The third kappa shape index (κ3) is 2.93. The highest BCUT2D eigenvalue weighted by Crippen LogP contribution is 2.40. The molecule has 0 radical (unpaired) electrons. The van der Waals surface area contributed by atoms with Gasteiger partial charge in [0.05, 0.1) is 33.5 Å². The summed E-state index contributed by atoms with van der Waals surface area (Å²) in [5.41, 5.74) is 1.02. The van der Waals surface area contributed by atoms with E-state index in [-0.39, 0.29) is 12.2 Å². The first-order chi connectivity index (χ1) is 9.19. The molecule has 0 amide bonds. The van der Waals surface area contributed by atoms with Crippen LogP contribution in [0.5, 0.6) is 17.2 Å². The Hall–Kier alpha value is -1.46. The summed E-state index contributed by atoms with van der Waals surface area (Å²) in [6.07, 6.45) is 0.190. The summed E-state index contributed by atoms with van der Waals surface area (Å²) in [6.45, 7) is 3.71. The van der Waals surface area contributed by atoms with Crippen molar-refractivity contribution < 1.29 is 18.9 Å². The van der Waals surface area contributed by atoms with Crippen LogP contribution in [0.25, 0.3) is 0 Å². The second-order valence-corrected chi connectivity index (χ2v) is 4.55. The molecule has 2 atom stereocenters. The van der Waals surface area contributed by atoms with E-state index in [9.17, 15) is 0 Å². The maximum Gasteiger partial charge on any atom is 0.203 e. The van der Waals surface area contributed by atoms with Gasteiger partial charge in [0.25, 0.3) is 0 Å². The molecule has 1 heterocycles. The standard InChI is InChI=1S/C14H21NO4/c1-9-7-15-8-13(19-9)10-5-11(16-2)14(18-4)12(6-10)17-3/h5-6,9,13,15H,7-8H2,1-4H3. The first kappa shape index (κ1) is 14.0. The summed E-state index contributed by atoms with van der Waals surface area (Å²) in [5.74, 6) is 1.91. The summed E-state index contributed by atoms with van der Waals surface area (Å²) >= 11 is 0. The smallest absolute Gasteiger partial charge is 0.203 e. The first-order valence-corrected chi connectivity index (χ1v) is 6.35. The maximum atomic E-state index is 5.93. The van der Waals surface area contributed by atoms with E-state index in [1.54, 1.807) is 21.3 Å². The average Bonchev–Trinajstić information content (AvgIpc) is 2.45. The van der Waals surface area contributed by atoms with Crippen molar-refractivity contribution in [3.05, 3.63) is 17.7 Å². The van der Waals surface area contributed by atoms with Crippen LogP contribution < -0.4 is 19.5 Å². The van der Waals surface area contributed by atoms with Crippen LogP contribution in [0, 0.1) is 0 Å². The van der Waals surface area contributed by atoms with Crippen molar-refractivity contribution >= 4 is 0 Å². The lowest BCUT2D eigenvalue weighted by atomic mass is 10.1. The van der Waals surface area contributed by atoms with E-state index >= 15 is 0 Å². The molecule has 1 aliphatic rings. The number of benzene rings is 1. The Balaban J connectivity index is 2.35. The van der Waals surface area contributed by atoms with Crippen molar-refractivity contribution in [1.29, 1.82) is 0 Å². The van der Waals surface area contributed by atoms with Crippen molar-refractivity contribution in [2.24, 2.45) is 0 Å². The van der Waals surface area contributed by atoms with Crippen molar-refractivity contribution in [2.75, 3.05) is 34.4 Å². The highest BCUT2D eigenvalue weighted by molar-refractivity contribution is 5.54. The van der Waals surface area contributed by atoms with Crippen molar-refractivity contribution in [3.63, 3.8) is 0 Å². The van der Waals surface area contributed by atoms with Gasteiger partial charge in [0.1, 0.15) is 0 Å². The molecule has 0 bridgehead atoms. The Labute approximate surface area is 113 Å². The largest absolute Gasteiger partial charge is 0.493 e. The van der Waals surface area contributed by atoms with E-state index in [4.69, 9.17) is 18.9 Å². The number of rotatable bonds is 4. The van der Waals surface area contributed by atoms with Gasteiger partial charge in [0.2, 0.25) is 5.75 Å². The Kier molecular flexibility index (Phi) is 4.50. The number of nitrogens with one attached hydrogen (secondary N) is 1. The molecule has 1 N–H and O–H groups in total. The van der Waals surface area contributed by atoms with Crippen LogP contribution in [0.15, 0.2) is 12.1 Å². The molecule has 19 heavy (non-hydrogen) atoms. The van der Waals surface area contributed by atoms with E-state index in [1.807, 2.05) is 12.1 Å². The number of morpholine rings is 1. The van der Waals surface area contributed by atoms with Gasteiger partial charge in [-0.3, -0.25) is 0 Å². The predicted octanol–water partition coefficient (Wildman–Crippen LogP) is 1.76. The molecule has 0 aliphatic carbocycles. The maximum absolute atomic E-state index is 5.93. The Bertz CT molecular complexity index is 410. The molecule has 1 aliphatic heterocycles. The normalized spacial score (nSPS) is 22.9. The van der Waals surface area contributed by atoms with Crippen LogP contribution >= 0.6 is 0 Å². The lowest BCUT2D eigenvalue weighted by Gasteiger charge is -2.29. The second kappa shape index (κ2) is 6.12. The second-order valence-electron chi connectivity index (χ2n) is 4.55. The van der Waals surface area contributed by atoms with Gasteiger partial charge in [0.15, 0.2) is 11.5 Å². The lowest BCUT2D eigenvalue weighted by Crippen LogP contribution is -2.38. The van der Waals surface area contributed by atoms with Crippen molar-refractivity contribution in [2.45, 2.75) is 19.1 Å². The fourth-order valence-electron chi connectivity index (χ4n) is 2.28. The molecule has 2 rings (SSSR count). The molecule has 106 valence electrons. The summed E-state index contributed by atoms with van der Waals surface area (Å²) in [4.78, 5) is 0. The van der Waals surface area contributed by atoms with E-state index in [0.29, 0.717) is 17.2 Å². The zero-order valence-corrected chi connectivity index (χ0v) is 11.9. The summed E-state index contributed by atoms with van der Waals surface area (Å²) in [7, 11) is 4.83. The molecule has 5 heteroatoms. The van der Waals surface area contributed by atoms with Gasteiger partial charge in [-0.2, -0.15) is 0 Å². The Morgan fingerprint density at radius 2 is 1.68 bits per heavy atom. The molecule has 0 saturated carbocycles. The minimum atomic E-state index is -0.00236. The van der Waals surface area contributed by atoms with E-state index in [2.05, 4.69) is 12.2 Å². The van der Waals surface area contributed by atoms with Gasteiger partial charge in [0, 0.05) is 13.1 Å². The van der Waals surface area contributed by atoms with Gasteiger partial charge in [-0.15, -0.1) is 0 Å². The van der Waals surface area contributed by atoms with Crippen LogP contribution in [0.3, 0.4) is 0 Å². The van der Waals surface area contributed by atoms with Gasteiger partial charge < -0.3 is 24.3 Å². The monoisotopic (exact) mass is 267 g/mol. The molecule has 1 aromatic carbocycles. The van der Waals surface area contributed by atoms with Crippen molar-refractivity contribution in [3.8, 4) is 17.2 Å². The van der Waals surface area contributed by atoms with Crippen LogP contribution in [-0.4, -0.2) is 40.5 Å².